The number of aliphatic imine (C=N–C) groups is 1. The van der Waals surface area contributed by atoms with Crippen molar-refractivity contribution < 1.29 is 9.53 Å². The third-order valence-corrected chi connectivity index (χ3v) is 3.77. The van der Waals surface area contributed by atoms with Crippen LogP contribution in [-0.4, -0.2) is 75.3 Å². The molecule has 0 radical (unpaired) electrons. The first kappa shape index (κ1) is 22.4. The van der Waals surface area contributed by atoms with Crippen molar-refractivity contribution in [2.24, 2.45) is 4.99 Å². The molecule has 3 N–H and O–H groups in total. The van der Waals surface area contributed by atoms with Gasteiger partial charge in [-0.3, -0.25) is 14.7 Å². The maximum absolute atomic E-state index is 11.6. The number of guanidine groups is 1. The van der Waals surface area contributed by atoms with E-state index in [9.17, 15) is 4.79 Å². The Balaban J connectivity index is 0.00000484. The SMILES string of the molecule is CCCNC(=O)CNC(=NC)NCC(C)(C)N1CCOCC1.I. The van der Waals surface area contributed by atoms with Crippen molar-refractivity contribution in [3.05, 3.63) is 0 Å². The molecule has 0 aliphatic carbocycles. The van der Waals surface area contributed by atoms with E-state index in [0.29, 0.717) is 12.5 Å². The summed E-state index contributed by atoms with van der Waals surface area (Å²) in [6.45, 7) is 11.6. The lowest BCUT2D eigenvalue weighted by Gasteiger charge is -2.41. The van der Waals surface area contributed by atoms with Gasteiger partial charge in [-0.1, -0.05) is 6.92 Å². The van der Waals surface area contributed by atoms with E-state index in [4.69, 9.17) is 4.74 Å². The molecule has 136 valence electrons. The second-order valence-electron chi connectivity index (χ2n) is 6.04. The fourth-order valence-electron chi connectivity index (χ4n) is 2.29. The van der Waals surface area contributed by atoms with Gasteiger partial charge in [0, 0.05) is 38.8 Å². The van der Waals surface area contributed by atoms with E-state index in [1.807, 2.05) is 6.92 Å². The molecule has 1 rings (SSSR count). The van der Waals surface area contributed by atoms with Gasteiger partial charge in [0.05, 0.1) is 19.8 Å². The molecule has 0 atom stereocenters. The van der Waals surface area contributed by atoms with Crippen LogP contribution >= 0.6 is 24.0 Å². The Morgan fingerprint density at radius 2 is 1.87 bits per heavy atom. The van der Waals surface area contributed by atoms with Gasteiger partial charge in [-0.2, -0.15) is 0 Å². The highest BCUT2D eigenvalue weighted by Gasteiger charge is 2.28. The van der Waals surface area contributed by atoms with E-state index in [0.717, 1.165) is 39.3 Å². The van der Waals surface area contributed by atoms with Crippen molar-refractivity contribution in [3.8, 4) is 0 Å². The van der Waals surface area contributed by atoms with Gasteiger partial charge >= 0.3 is 0 Å². The minimum absolute atomic E-state index is 0. The summed E-state index contributed by atoms with van der Waals surface area (Å²) in [5, 5.41) is 9.16. The molecule has 0 aromatic heterocycles. The van der Waals surface area contributed by atoms with Crippen molar-refractivity contribution in [2.45, 2.75) is 32.7 Å². The molecule has 23 heavy (non-hydrogen) atoms. The van der Waals surface area contributed by atoms with Gasteiger partial charge in [0.1, 0.15) is 0 Å². The van der Waals surface area contributed by atoms with Crippen LogP contribution in [0.15, 0.2) is 4.99 Å². The number of nitrogens with zero attached hydrogens (tertiary/aromatic N) is 2. The molecule has 0 aromatic rings. The van der Waals surface area contributed by atoms with Gasteiger partial charge in [-0.25, -0.2) is 0 Å². The number of nitrogens with one attached hydrogen (secondary N) is 3. The second-order valence-corrected chi connectivity index (χ2v) is 6.04. The molecular weight excluding hydrogens is 409 g/mol. The monoisotopic (exact) mass is 441 g/mol. The molecule has 0 saturated carbocycles. The zero-order valence-corrected chi connectivity index (χ0v) is 17.1. The second kappa shape index (κ2) is 11.9. The summed E-state index contributed by atoms with van der Waals surface area (Å²) in [6, 6.07) is 0. The van der Waals surface area contributed by atoms with Crippen LogP contribution in [0.3, 0.4) is 0 Å². The van der Waals surface area contributed by atoms with Crippen molar-refractivity contribution in [1.29, 1.82) is 0 Å². The number of rotatable bonds is 7. The number of carbonyl (C=O) groups is 1. The molecule has 1 aliphatic rings. The van der Waals surface area contributed by atoms with Crippen LogP contribution in [0.25, 0.3) is 0 Å². The van der Waals surface area contributed by atoms with E-state index >= 15 is 0 Å². The molecule has 1 heterocycles. The Hall–Kier alpha value is -0.610. The predicted octanol–water partition coefficient (Wildman–Crippen LogP) is 0.406. The number of morpholine rings is 1. The first-order valence-corrected chi connectivity index (χ1v) is 8.03. The highest BCUT2D eigenvalue weighted by atomic mass is 127. The van der Waals surface area contributed by atoms with Crippen molar-refractivity contribution >= 4 is 35.8 Å². The Kier molecular flexibility index (Phi) is 11.5. The maximum Gasteiger partial charge on any atom is 0.239 e. The van der Waals surface area contributed by atoms with E-state index < -0.39 is 0 Å². The van der Waals surface area contributed by atoms with E-state index in [-0.39, 0.29) is 42.0 Å². The van der Waals surface area contributed by atoms with Crippen LogP contribution in [-0.2, 0) is 9.53 Å². The fraction of sp³-hybridized carbons (Fsp3) is 0.867. The molecular formula is C15H32IN5O2. The Morgan fingerprint density at radius 3 is 2.43 bits per heavy atom. The first-order valence-electron chi connectivity index (χ1n) is 8.03. The summed E-state index contributed by atoms with van der Waals surface area (Å²) in [7, 11) is 1.71. The minimum atomic E-state index is -0.0164. The predicted molar refractivity (Wildman–Crippen MR) is 105 cm³/mol. The largest absolute Gasteiger partial charge is 0.379 e. The highest BCUT2D eigenvalue weighted by molar-refractivity contribution is 14.0. The zero-order chi connectivity index (χ0) is 16.4. The first-order chi connectivity index (χ1) is 10.5. The normalized spacial score (nSPS) is 16.4. The summed E-state index contributed by atoms with van der Waals surface area (Å²) in [5.41, 5.74) is 0.00582. The summed E-state index contributed by atoms with van der Waals surface area (Å²) in [6.07, 6.45) is 0.937. The molecule has 8 heteroatoms. The van der Waals surface area contributed by atoms with Crippen LogP contribution in [0.5, 0.6) is 0 Å². The van der Waals surface area contributed by atoms with Crippen LogP contribution in [0.2, 0.25) is 0 Å². The molecule has 0 aromatic carbocycles. The molecule has 7 nitrogen and oxygen atoms in total. The highest BCUT2D eigenvalue weighted by Crippen LogP contribution is 2.14. The third kappa shape index (κ3) is 8.71. The van der Waals surface area contributed by atoms with Crippen LogP contribution < -0.4 is 16.0 Å². The van der Waals surface area contributed by atoms with Gasteiger partial charge in [0.2, 0.25) is 5.91 Å². The molecule has 1 fully saturated rings. The summed E-state index contributed by atoms with van der Waals surface area (Å²) < 4.78 is 5.40. The Labute approximate surface area is 157 Å². The van der Waals surface area contributed by atoms with Gasteiger partial charge < -0.3 is 20.7 Å². The van der Waals surface area contributed by atoms with Gasteiger partial charge in [-0.05, 0) is 20.3 Å². The number of hydrogen-bond donors (Lipinski definition) is 3. The molecule has 0 bridgehead atoms. The molecule has 1 aliphatic heterocycles. The van der Waals surface area contributed by atoms with E-state index in [1.54, 1.807) is 7.05 Å². The zero-order valence-electron chi connectivity index (χ0n) is 14.8. The number of ether oxygens (including phenoxy) is 1. The van der Waals surface area contributed by atoms with Gasteiger partial charge in [0.15, 0.2) is 5.96 Å². The van der Waals surface area contributed by atoms with E-state index in [2.05, 4.69) is 39.7 Å². The summed E-state index contributed by atoms with van der Waals surface area (Å²) in [4.78, 5) is 18.2. The molecule has 1 amide bonds. The average molecular weight is 441 g/mol. The number of carbonyl (C=O) groups excluding carboxylic acids is 1. The van der Waals surface area contributed by atoms with Crippen LogP contribution in [0, 0.1) is 0 Å². The number of hydrogen-bond acceptors (Lipinski definition) is 4. The fourth-order valence-corrected chi connectivity index (χ4v) is 2.29. The standard InChI is InChI=1S/C15H31N5O2.HI/c1-5-6-17-13(21)11-18-14(16-4)19-12-15(2,3)20-7-9-22-10-8-20;/h5-12H2,1-4H3,(H,17,21)(H2,16,18,19);1H. The van der Waals surface area contributed by atoms with Gasteiger partial charge in [0.25, 0.3) is 0 Å². The van der Waals surface area contributed by atoms with Crippen molar-refractivity contribution in [2.75, 3.05) is 53.0 Å². The summed E-state index contributed by atoms with van der Waals surface area (Å²) >= 11 is 0. The van der Waals surface area contributed by atoms with E-state index in [1.165, 1.54) is 0 Å². The lowest BCUT2D eigenvalue weighted by atomic mass is 10.0. The summed E-state index contributed by atoms with van der Waals surface area (Å²) in [5.74, 6) is 0.630. The molecule has 1 saturated heterocycles. The van der Waals surface area contributed by atoms with Crippen molar-refractivity contribution in [3.63, 3.8) is 0 Å². The van der Waals surface area contributed by atoms with Crippen LogP contribution in [0.1, 0.15) is 27.2 Å². The number of amides is 1. The minimum Gasteiger partial charge on any atom is -0.379 e. The quantitative estimate of drug-likeness (QED) is 0.303. The smallest absolute Gasteiger partial charge is 0.239 e. The maximum atomic E-state index is 11.6. The van der Waals surface area contributed by atoms with Crippen LogP contribution in [0.4, 0.5) is 0 Å². The lowest BCUT2D eigenvalue weighted by molar-refractivity contribution is -0.120. The molecule has 0 spiro atoms. The van der Waals surface area contributed by atoms with Gasteiger partial charge in [-0.15, -0.1) is 24.0 Å². The Bertz CT molecular complexity index is 371. The lowest BCUT2D eigenvalue weighted by Crippen LogP contribution is -2.56. The average Bonchev–Trinajstić information content (AvgIpc) is 2.53. The third-order valence-electron chi connectivity index (χ3n) is 3.77. The topological polar surface area (TPSA) is 78.0 Å². The number of halogens is 1. The Morgan fingerprint density at radius 1 is 1.22 bits per heavy atom. The molecule has 0 unspecified atom stereocenters. The van der Waals surface area contributed by atoms with Crippen molar-refractivity contribution in [1.82, 2.24) is 20.9 Å².